The molecule has 0 aliphatic rings. The molecule has 0 radical (unpaired) electrons. The standard InChI is InChI=1S/C35H52N7O9P/c1-3-4-5-6-7-8-9-10-11-12-13-14-19-48-22-28(51-31-20-27(21-36)17-18-39-31)23-49-52(45,46)50-25-35(24-37,47-2)33(44)32(43)29-15-16-30-34(38)40-26-41-42(29)30/h15-18,20,26,28,32-33,43-44H,3-14,19,22-23,25H2,1-2H3,(H,45,46)(H2,38,40,41)/t28-,32+,33+,35?/m1/s1. The number of nitrogen functional groups attached to an aromatic ring is 1. The number of nitrogens with two attached hydrogens (primary N) is 1. The molecule has 0 aliphatic heterocycles. The summed E-state index contributed by atoms with van der Waals surface area (Å²) in [6.07, 6.45) is 12.3. The SMILES string of the molecule is CCCCCCCCCCCCCCOC[C@H](COP(=O)(O)OCC(C#N)(OC)[C@@H](O)[C@@H](O)c1ccc2c(N)ncnn12)Oc1cc(C#N)ccn1. The molecule has 0 saturated carbocycles. The molecule has 3 rings (SSSR count). The van der Waals surface area contributed by atoms with Gasteiger partial charge in [-0.15, -0.1) is 0 Å². The van der Waals surface area contributed by atoms with Crippen LogP contribution in [-0.4, -0.2) is 86.0 Å². The van der Waals surface area contributed by atoms with Crippen LogP contribution in [0.15, 0.2) is 36.8 Å². The summed E-state index contributed by atoms with van der Waals surface area (Å²) in [5, 5.41) is 45.3. The number of aliphatic hydroxyl groups excluding tert-OH is 2. The van der Waals surface area contributed by atoms with Crippen molar-refractivity contribution in [2.75, 3.05) is 39.3 Å². The largest absolute Gasteiger partial charge is 0.472 e. The number of anilines is 1. The first-order valence-corrected chi connectivity index (χ1v) is 19.2. The molecule has 0 saturated heterocycles. The monoisotopic (exact) mass is 745 g/mol. The molecule has 52 heavy (non-hydrogen) atoms. The number of ether oxygens (including phenoxy) is 3. The number of unbranched alkanes of at least 4 members (excludes halogenated alkanes) is 11. The Morgan fingerprint density at radius 2 is 1.63 bits per heavy atom. The normalized spacial score (nSPS) is 15.6. The van der Waals surface area contributed by atoms with Crippen molar-refractivity contribution in [2.45, 2.75) is 108 Å². The number of phosphoric ester groups is 1. The number of hydrogen-bond acceptors (Lipinski definition) is 14. The first-order chi connectivity index (χ1) is 25.1. The number of aliphatic hydroxyl groups is 2. The summed E-state index contributed by atoms with van der Waals surface area (Å²) in [6, 6.07) is 9.58. The molecular weight excluding hydrogens is 693 g/mol. The minimum atomic E-state index is -4.91. The first kappa shape index (κ1) is 42.7. The maximum Gasteiger partial charge on any atom is 0.472 e. The molecule has 5 atom stereocenters. The van der Waals surface area contributed by atoms with Crippen molar-refractivity contribution in [1.82, 2.24) is 19.6 Å². The smallest absolute Gasteiger partial charge is 0.469 e. The number of pyridine rings is 1. The number of hydrogen-bond donors (Lipinski definition) is 4. The molecule has 17 heteroatoms. The van der Waals surface area contributed by atoms with E-state index in [0.29, 0.717) is 17.7 Å². The van der Waals surface area contributed by atoms with Gasteiger partial charge in [-0.25, -0.2) is 19.0 Å². The van der Waals surface area contributed by atoms with Crippen LogP contribution in [0.3, 0.4) is 0 Å². The van der Waals surface area contributed by atoms with Crippen molar-refractivity contribution in [3.8, 4) is 18.0 Å². The summed E-state index contributed by atoms with van der Waals surface area (Å²) < 4.78 is 41.4. The minimum absolute atomic E-state index is 0.0268. The number of phosphoric acid groups is 1. The molecule has 0 fully saturated rings. The van der Waals surface area contributed by atoms with Crippen LogP contribution in [0.2, 0.25) is 0 Å². The van der Waals surface area contributed by atoms with Gasteiger partial charge in [0.15, 0.2) is 5.82 Å². The summed E-state index contributed by atoms with van der Waals surface area (Å²) in [6.45, 7) is 1.16. The molecule has 0 spiro atoms. The molecule has 5 N–H and O–H groups in total. The fourth-order valence-electron chi connectivity index (χ4n) is 5.51. The van der Waals surface area contributed by atoms with E-state index >= 15 is 0 Å². The summed E-state index contributed by atoms with van der Waals surface area (Å²) in [7, 11) is -3.84. The van der Waals surface area contributed by atoms with Crippen LogP contribution in [0, 0.1) is 22.7 Å². The Bertz CT molecular complexity index is 1630. The molecule has 16 nitrogen and oxygen atoms in total. The number of methoxy groups -OCH3 is 1. The lowest BCUT2D eigenvalue weighted by molar-refractivity contribution is -0.134. The van der Waals surface area contributed by atoms with Crippen molar-refractivity contribution in [3.63, 3.8) is 0 Å². The number of rotatable bonds is 27. The lowest BCUT2D eigenvalue weighted by atomic mass is 9.93. The molecule has 0 amide bonds. The lowest BCUT2D eigenvalue weighted by Crippen LogP contribution is -2.50. The van der Waals surface area contributed by atoms with E-state index in [1.54, 1.807) is 6.07 Å². The van der Waals surface area contributed by atoms with Crippen LogP contribution in [0.1, 0.15) is 101 Å². The number of nitriles is 2. The quantitative estimate of drug-likeness (QED) is 0.0580. The van der Waals surface area contributed by atoms with E-state index in [0.717, 1.165) is 32.7 Å². The molecule has 0 bridgehead atoms. The number of nitrogens with zero attached hydrogens (tertiary/aromatic N) is 6. The molecule has 3 aromatic rings. The summed E-state index contributed by atoms with van der Waals surface area (Å²) in [4.78, 5) is 18.5. The Morgan fingerprint density at radius 1 is 0.962 bits per heavy atom. The highest BCUT2D eigenvalue weighted by atomic mass is 31.2. The second-order valence-electron chi connectivity index (χ2n) is 12.5. The Labute approximate surface area is 305 Å². The third-order valence-electron chi connectivity index (χ3n) is 8.61. The first-order valence-electron chi connectivity index (χ1n) is 17.7. The second kappa shape index (κ2) is 22.4. The molecule has 2 unspecified atom stereocenters. The van der Waals surface area contributed by atoms with Crippen LogP contribution in [0.4, 0.5) is 5.82 Å². The van der Waals surface area contributed by atoms with Crippen molar-refractivity contribution < 1.29 is 42.9 Å². The van der Waals surface area contributed by atoms with E-state index in [-0.39, 0.29) is 24.0 Å². The van der Waals surface area contributed by atoms with Crippen molar-refractivity contribution in [3.05, 3.63) is 48.0 Å². The Balaban J connectivity index is 1.52. The van der Waals surface area contributed by atoms with Crippen LogP contribution < -0.4 is 10.5 Å². The third kappa shape index (κ3) is 13.4. The van der Waals surface area contributed by atoms with Gasteiger partial charge in [-0.2, -0.15) is 15.6 Å². The van der Waals surface area contributed by atoms with Gasteiger partial charge in [-0.05, 0) is 24.6 Å². The summed E-state index contributed by atoms with van der Waals surface area (Å²) in [5.41, 5.74) is 4.22. The maximum absolute atomic E-state index is 13.0. The van der Waals surface area contributed by atoms with E-state index in [9.17, 15) is 30.2 Å². The van der Waals surface area contributed by atoms with Crippen LogP contribution in [0.5, 0.6) is 5.88 Å². The molecule has 3 aromatic heterocycles. The van der Waals surface area contributed by atoms with Gasteiger partial charge in [0.2, 0.25) is 11.5 Å². The molecular formula is C35H52N7O9P. The fraction of sp³-hybridized carbons (Fsp3) is 0.629. The van der Waals surface area contributed by atoms with Crippen molar-refractivity contribution in [1.29, 1.82) is 10.5 Å². The van der Waals surface area contributed by atoms with Crippen LogP contribution in [0.25, 0.3) is 5.52 Å². The van der Waals surface area contributed by atoms with Gasteiger partial charge in [0.05, 0.1) is 30.5 Å². The van der Waals surface area contributed by atoms with E-state index in [2.05, 4.69) is 22.0 Å². The van der Waals surface area contributed by atoms with Gasteiger partial charge in [-0.1, -0.05) is 77.6 Å². The highest BCUT2D eigenvalue weighted by Gasteiger charge is 2.46. The Hall–Kier alpha value is -3.70. The summed E-state index contributed by atoms with van der Waals surface area (Å²) in [5.74, 6) is 0.203. The van der Waals surface area contributed by atoms with Gasteiger partial charge in [0.1, 0.15) is 42.8 Å². The number of fused-ring (bicyclic) bond motifs is 1. The van der Waals surface area contributed by atoms with E-state index in [1.807, 2.05) is 6.07 Å². The highest BCUT2D eigenvalue weighted by molar-refractivity contribution is 7.47. The third-order valence-corrected chi connectivity index (χ3v) is 9.54. The van der Waals surface area contributed by atoms with Crippen molar-refractivity contribution in [2.24, 2.45) is 0 Å². The van der Waals surface area contributed by atoms with Crippen LogP contribution >= 0.6 is 7.82 Å². The highest BCUT2D eigenvalue weighted by Crippen LogP contribution is 2.45. The van der Waals surface area contributed by atoms with Gasteiger partial charge >= 0.3 is 7.82 Å². The minimum Gasteiger partial charge on any atom is -0.469 e. The maximum atomic E-state index is 13.0. The second-order valence-corrected chi connectivity index (χ2v) is 14.0. The van der Waals surface area contributed by atoms with Gasteiger partial charge in [0.25, 0.3) is 0 Å². The fourth-order valence-corrected chi connectivity index (χ4v) is 6.29. The summed E-state index contributed by atoms with van der Waals surface area (Å²) >= 11 is 0. The Kier molecular flexibility index (Phi) is 18.4. The molecule has 0 aromatic carbocycles. The molecule has 3 heterocycles. The van der Waals surface area contributed by atoms with Gasteiger partial charge in [0, 0.05) is 26.0 Å². The predicted molar refractivity (Wildman–Crippen MR) is 191 cm³/mol. The topological polar surface area (TPSA) is 241 Å². The zero-order chi connectivity index (χ0) is 37.8. The zero-order valence-electron chi connectivity index (χ0n) is 30.0. The van der Waals surface area contributed by atoms with E-state index in [1.165, 1.54) is 92.8 Å². The predicted octanol–water partition coefficient (Wildman–Crippen LogP) is 5.18. The molecule has 0 aliphatic carbocycles. The van der Waals surface area contributed by atoms with Gasteiger partial charge in [-0.3, -0.25) is 9.05 Å². The van der Waals surface area contributed by atoms with Crippen LogP contribution in [-0.2, 0) is 23.1 Å². The zero-order valence-corrected chi connectivity index (χ0v) is 30.9. The van der Waals surface area contributed by atoms with Crippen molar-refractivity contribution >= 4 is 19.2 Å². The van der Waals surface area contributed by atoms with E-state index in [4.69, 9.17) is 29.0 Å². The van der Waals surface area contributed by atoms with E-state index < -0.39 is 44.9 Å². The average Bonchev–Trinajstić information content (AvgIpc) is 3.59. The Morgan fingerprint density at radius 3 is 2.27 bits per heavy atom. The van der Waals surface area contributed by atoms with Gasteiger partial charge < -0.3 is 35.1 Å². The number of aromatic nitrogens is 4. The average molecular weight is 746 g/mol. The molecule has 286 valence electrons. The lowest BCUT2D eigenvalue weighted by Gasteiger charge is -2.33.